The molecule has 3 rings (SSSR count). The van der Waals surface area contributed by atoms with Crippen LogP contribution in [0.5, 0.6) is 0 Å². The van der Waals surface area contributed by atoms with E-state index in [-0.39, 0.29) is 30.1 Å². The molecule has 3 fully saturated rings. The molecule has 2 saturated heterocycles. The van der Waals surface area contributed by atoms with Crippen LogP contribution in [-0.4, -0.2) is 72.5 Å². The molecule has 3 aliphatic rings. The Hall–Kier alpha value is -1.63. The van der Waals surface area contributed by atoms with Gasteiger partial charge in [0.1, 0.15) is 6.04 Å². The van der Waals surface area contributed by atoms with Gasteiger partial charge in [0.25, 0.3) is 0 Å². The predicted molar refractivity (Wildman–Crippen MR) is 105 cm³/mol. The molecule has 2 heterocycles. The standard InChI is InChI=1S/C21H35N3O4/c1-15(2)12-18(21(27)23-8-10-28-11-9-23)22-20(26)16-13-19(25)24(14-16)17-6-4-3-5-7-17/h15-18H,3-14H2,1-2H3,(H,22,26). The van der Waals surface area contributed by atoms with Crippen LogP contribution in [0.4, 0.5) is 0 Å². The highest BCUT2D eigenvalue weighted by molar-refractivity contribution is 5.92. The lowest BCUT2D eigenvalue weighted by atomic mass is 9.94. The van der Waals surface area contributed by atoms with Gasteiger partial charge in [-0.25, -0.2) is 0 Å². The van der Waals surface area contributed by atoms with Crippen LogP contribution in [-0.2, 0) is 19.1 Å². The van der Waals surface area contributed by atoms with Crippen LogP contribution >= 0.6 is 0 Å². The molecule has 0 aromatic rings. The Balaban J connectivity index is 1.59. The van der Waals surface area contributed by atoms with Crippen LogP contribution in [0.3, 0.4) is 0 Å². The molecule has 0 bridgehead atoms. The molecule has 0 aromatic heterocycles. The SMILES string of the molecule is CC(C)CC(NC(=O)C1CC(=O)N(C2CCCCC2)C1)C(=O)N1CCOCC1. The highest BCUT2D eigenvalue weighted by atomic mass is 16.5. The van der Waals surface area contributed by atoms with E-state index < -0.39 is 6.04 Å². The molecule has 1 N–H and O–H groups in total. The monoisotopic (exact) mass is 393 g/mol. The van der Waals surface area contributed by atoms with Gasteiger partial charge in [0.15, 0.2) is 0 Å². The highest BCUT2D eigenvalue weighted by Crippen LogP contribution is 2.29. The molecule has 0 radical (unpaired) electrons. The minimum atomic E-state index is -0.524. The summed E-state index contributed by atoms with van der Waals surface area (Å²) in [7, 11) is 0. The number of carbonyl (C=O) groups excluding carboxylic acids is 3. The maximum absolute atomic E-state index is 12.9. The lowest BCUT2D eigenvalue weighted by Crippen LogP contribution is -2.53. The number of rotatable bonds is 6. The quantitative estimate of drug-likeness (QED) is 0.743. The van der Waals surface area contributed by atoms with E-state index in [1.54, 1.807) is 4.90 Å². The molecular formula is C21H35N3O4. The first-order valence-electron chi connectivity index (χ1n) is 10.9. The van der Waals surface area contributed by atoms with Crippen LogP contribution in [0.15, 0.2) is 0 Å². The van der Waals surface area contributed by atoms with E-state index in [0.29, 0.717) is 51.2 Å². The minimum Gasteiger partial charge on any atom is -0.378 e. The summed E-state index contributed by atoms with van der Waals surface area (Å²) >= 11 is 0. The summed E-state index contributed by atoms with van der Waals surface area (Å²) in [5.41, 5.74) is 0. The summed E-state index contributed by atoms with van der Waals surface area (Å²) in [4.78, 5) is 42.0. The summed E-state index contributed by atoms with van der Waals surface area (Å²) in [6.07, 6.45) is 6.53. The van der Waals surface area contributed by atoms with Crippen LogP contribution in [0.2, 0.25) is 0 Å². The van der Waals surface area contributed by atoms with Crippen molar-refractivity contribution in [2.45, 2.75) is 70.9 Å². The maximum Gasteiger partial charge on any atom is 0.245 e. The van der Waals surface area contributed by atoms with Gasteiger partial charge < -0.3 is 19.9 Å². The second kappa shape index (κ2) is 9.72. The van der Waals surface area contributed by atoms with Crippen molar-refractivity contribution in [1.29, 1.82) is 0 Å². The number of nitrogens with zero attached hydrogens (tertiary/aromatic N) is 2. The first kappa shape index (κ1) is 21.1. The lowest BCUT2D eigenvalue weighted by molar-refractivity contribution is -0.141. The van der Waals surface area contributed by atoms with Gasteiger partial charge in [-0.2, -0.15) is 0 Å². The highest BCUT2D eigenvalue weighted by Gasteiger charge is 2.39. The third-order valence-electron chi connectivity index (χ3n) is 6.19. The molecule has 2 atom stereocenters. The van der Waals surface area contributed by atoms with Crippen LogP contribution in [0.25, 0.3) is 0 Å². The Morgan fingerprint density at radius 3 is 2.46 bits per heavy atom. The first-order chi connectivity index (χ1) is 13.5. The summed E-state index contributed by atoms with van der Waals surface area (Å²) in [6.45, 7) is 6.82. The zero-order valence-electron chi connectivity index (χ0n) is 17.3. The number of carbonyl (C=O) groups is 3. The van der Waals surface area contributed by atoms with E-state index in [1.165, 1.54) is 6.42 Å². The molecule has 1 aliphatic carbocycles. The van der Waals surface area contributed by atoms with Crippen LogP contribution in [0, 0.1) is 11.8 Å². The van der Waals surface area contributed by atoms with Crippen molar-refractivity contribution in [3.8, 4) is 0 Å². The Morgan fingerprint density at radius 1 is 1.14 bits per heavy atom. The molecule has 28 heavy (non-hydrogen) atoms. The molecule has 0 aromatic carbocycles. The second-order valence-electron chi connectivity index (χ2n) is 8.87. The average molecular weight is 394 g/mol. The minimum absolute atomic E-state index is 0.0289. The van der Waals surface area contributed by atoms with Gasteiger partial charge in [-0.1, -0.05) is 33.1 Å². The number of amides is 3. The number of hydrogen-bond acceptors (Lipinski definition) is 4. The number of nitrogens with one attached hydrogen (secondary N) is 1. The Labute approximate surface area is 168 Å². The van der Waals surface area contributed by atoms with E-state index >= 15 is 0 Å². The lowest BCUT2D eigenvalue weighted by Gasteiger charge is -2.32. The zero-order chi connectivity index (χ0) is 20.1. The molecule has 7 nitrogen and oxygen atoms in total. The Morgan fingerprint density at radius 2 is 1.82 bits per heavy atom. The van der Waals surface area contributed by atoms with Gasteiger partial charge in [-0.15, -0.1) is 0 Å². The van der Waals surface area contributed by atoms with Crippen LogP contribution in [0.1, 0.15) is 58.8 Å². The van der Waals surface area contributed by atoms with Gasteiger partial charge in [0, 0.05) is 32.1 Å². The number of likely N-dealkylation sites (tertiary alicyclic amines) is 1. The third kappa shape index (κ3) is 5.25. The van der Waals surface area contributed by atoms with Crippen molar-refractivity contribution in [3.05, 3.63) is 0 Å². The van der Waals surface area contributed by atoms with Gasteiger partial charge in [-0.05, 0) is 25.2 Å². The van der Waals surface area contributed by atoms with Gasteiger partial charge in [0.05, 0.1) is 19.1 Å². The normalized spacial score (nSPS) is 25.2. The van der Waals surface area contributed by atoms with E-state index in [9.17, 15) is 14.4 Å². The topological polar surface area (TPSA) is 79.0 Å². The van der Waals surface area contributed by atoms with E-state index in [1.807, 2.05) is 4.90 Å². The van der Waals surface area contributed by atoms with Gasteiger partial charge >= 0.3 is 0 Å². The fraction of sp³-hybridized carbons (Fsp3) is 0.857. The molecule has 7 heteroatoms. The summed E-state index contributed by atoms with van der Waals surface area (Å²) in [5.74, 6) is -0.148. The fourth-order valence-corrected chi connectivity index (χ4v) is 4.64. The van der Waals surface area contributed by atoms with Gasteiger partial charge in [0.2, 0.25) is 17.7 Å². The van der Waals surface area contributed by atoms with E-state index in [2.05, 4.69) is 19.2 Å². The summed E-state index contributed by atoms with van der Waals surface area (Å²) in [6, 6.07) is -0.232. The van der Waals surface area contributed by atoms with Crippen molar-refractivity contribution >= 4 is 17.7 Å². The van der Waals surface area contributed by atoms with Crippen molar-refractivity contribution in [2.24, 2.45) is 11.8 Å². The van der Waals surface area contributed by atoms with Crippen molar-refractivity contribution in [1.82, 2.24) is 15.1 Å². The predicted octanol–water partition coefficient (Wildman–Crippen LogP) is 1.56. The fourth-order valence-electron chi connectivity index (χ4n) is 4.64. The number of morpholine rings is 1. The van der Waals surface area contributed by atoms with Crippen LogP contribution < -0.4 is 5.32 Å². The molecule has 0 spiro atoms. The van der Waals surface area contributed by atoms with E-state index in [0.717, 1.165) is 25.7 Å². The Bertz CT molecular complexity index is 568. The van der Waals surface area contributed by atoms with E-state index in [4.69, 9.17) is 4.74 Å². The largest absolute Gasteiger partial charge is 0.378 e. The Kier molecular flexibility index (Phi) is 7.32. The van der Waals surface area contributed by atoms with Gasteiger partial charge in [-0.3, -0.25) is 14.4 Å². The number of ether oxygens (including phenoxy) is 1. The van der Waals surface area contributed by atoms with Crippen molar-refractivity contribution in [2.75, 3.05) is 32.8 Å². The molecule has 3 amide bonds. The van der Waals surface area contributed by atoms with Crippen molar-refractivity contribution < 1.29 is 19.1 Å². The average Bonchev–Trinajstić information content (AvgIpc) is 3.10. The third-order valence-corrected chi connectivity index (χ3v) is 6.19. The number of hydrogen-bond donors (Lipinski definition) is 1. The first-order valence-corrected chi connectivity index (χ1v) is 10.9. The molecule has 1 saturated carbocycles. The molecular weight excluding hydrogens is 358 g/mol. The second-order valence-corrected chi connectivity index (χ2v) is 8.87. The molecule has 2 unspecified atom stereocenters. The maximum atomic E-state index is 12.9. The summed E-state index contributed by atoms with van der Waals surface area (Å²) in [5, 5.41) is 2.98. The summed E-state index contributed by atoms with van der Waals surface area (Å²) < 4.78 is 5.33. The van der Waals surface area contributed by atoms with Crippen molar-refractivity contribution in [3.63, 3.8) is 0 Å². The zero-order valence-corrected chi connectivity index (χ0v) is 17.3. The molecule has 2 aliphatic heterocycles. The smallest absolute Gasteiger partial charge is 0.245 e. The molecule has 158 valence electrons.